The molecule has 20 heavy (non-hydrogen) atoms. The van der Waals surface area contributed by atoms with Gasteiger partial charge >= 0.3 is 0 Å². The van der Waals surface area contributed by atoms with E-state index in [1.54, 1.807) is 0 Å². The Bertz CT molecular complexity index is 759. The van der Waals surface area contributed by atoms with Gasteiger partial charge in [-0.15, -0.1) is 0 Å². The van der Waals surface area contributed by atoms with Crippen molar-refractivity contribution in [2.24, 2.45) is 0 Å². The highest BCUT2D eigenvalue weighted by atomic mass is 15.1. The smallest absolute Gasteiger partial charge is 0.0642 e. The summed E-state index contributed by atoms with van der Waals surface area (Å²) in [6, 6.07) is 12.8. The monoisotopic (exact) mass is 263 g/mol. The molecule has 0 saturated carbocycles. The predicted octanol–water partition coefficient (Wildman–Crippen LogP) is 3.01. The van der Waals surface area contributed by atoms with Crippen LogP contribution in [0.5, 0.6) is 0 Å². The minimum atomic E-state index is 1.03. The summed E-state index contributed by atoms with van der Waals surface area (Å²) in [4.78, 5) is 6.67. The van der Waals surface area contributed by atoms with Crippen molar-refractivity contribution >= 4 is 10.9 Å². The van der Waals surface area contributed by atoms with Gasteiger partial charge in [-0.25, -0.2) is 0 Å². The summed E-state index contributed by atoms with van der Waals surface area (Å²) in [5.74, 6) is 0. The molecule has 1 aromatic carbocycles. The van der Waals surface area contributed by atoms with Crippen LogP contribution in [0.4, 0.5) is 0 Å². The van der Waals surface area contributed by atoms with Gasteiger partial charge in [-0.05, 0) is 30.8 Å². The second kappa shape index (κ2) is 4.46. The number of hydrogen-bond donors (Lipinski definition) is 0. The van der Waals surface area contributed by atoms with Crippen molar-refractivity contribution in [1.29, 1.82) is 0 Å². The molecule has 0 aliphatic carbocycles. The number of para-hydroxylation sites is 1. The lowest BCUT2D eigenvalue weighted by Crippen LogP contribution is -2.27. The zero-order chi connectivity index (χ0) is 13.5. The summed E-state index contributed by atoms with van der Waals surface area (Å²) >= 11 is 0. The zero-order valence-electron chi connectivity index (χ0n) is 11.6. The highest BCUT2D eigenvalue weighted by Gasteiger charge is 2.22. The third-order valence-corrected chi connectivity index (χ3v) is 4.15. The maximum absolute atomic E-state index is 4.28. The first-order valence-corrected chi connectivity index (χ1v) is 7.05. The molecule has 1 aliphatic rings. The van der Waals surface area contributed by atoms with Crippen LogP contribution >= 0.6 is 0 Å². The number of aromatic nitrogens is 2. The molecule has 0 saturated heterocycles. The largest absolute Gasteiger partial charge is 0.312 e. The predicted molar refractivity (Wildman–Crippen MR) is 81.1 cm³/mol. The van der Waals surface area contributed by atoms with E-state index in [0.29, 0.717) is 0 Å². The van der Waals surface area contributed by atoms with Crippen LogP contribution in [-0.2, 0) is 13.0 Å². The molecule has 3 nitrogen and oxygen atoms in total. The number of fused-ring (bicyclic) bond motifs is 3. The average molecular weight is 263 g/mol. The molecule has 0 atom stereocenters. The molecule has 3 heteroatoms. The first-order chi connectivity index (χ1) is 9.84. The third-order valence-electron chi connectivity index (χ3n) is 4.15. The molecule has 4 rings (SSSR count). The van der Waals surface area contributed by atoms with E-state index in [4.69, 9.17) is 0 Å². The molecular formula is C17H17N3. The average Bonchev–Trinajstić information content (AvgIpc) is 2.82. The van der Waals surface area contributed by atoms with Gasteiger partial charge in [-0.1, -0.05) is 18.2 Å². The van der Waals surface area contributed by atoms with Gasteiger partial charge in [0.05, 0.1) is 17.4 Å². The molecule has 100 valence electrons. The molecule has 0 amide bonds. The Hall–Kier alpha value is -2.13. The van der Waals surface area contributed by atoms with Crippen LogP contribution in [0.15, 0.2) is 48.8 Å². The van der Waals surface area contributed by atoms with Crippen molar-refractivity contribution in [2.45, 2.75) is 13.0 Å². The lowest BCUT2D eigenvalue weighted by Gasteiger charge is -2.24. The number of hydrogen-bond acceptors (Lipinski definition) is 2. The van der Waals surface area contributed by atoms with Crippen molar-refractivity contribution in [1.82, 2.24) is 14.5 Å². The maximum Gasteiger partial charge on any atom is 0.0642 e. The van der Waals surface area contributed by atoms with Crippen molar-refractivity contribution in [3.63, 3.8) is 0 Å². The molecule has 0 N–H and O–H groups in total. The number of rotatable bonds is 1. The molecule has 0 fully saturated rings. The van der Waals surface area contributed by atoms with Gasteiger partial charge < -0.3 is 9.47 Å². The number of benzene rings is 1. The van der Waals surface area contributed by atoms with Crippen molar-refractivity contribution in [3.8, 4) is 5.69 Å². The lowest BCUT2D eigenvalue weighted by molar-refractivity contribution is 0.311. The topological polar surface area (TPSA) is 21.1 Å². The standard InChI is InChI=1S/C17H17N3/c1-19-10-8-17-15(12-19)14-6-2-3-7-16(14)20(17)13-5-4-9-18-11-13/h2-7,9,11H,8,10,12H2,1H3. The minimum Gasteiger partial charge on any atom is -0.312 e. The summed E-state index contributed by atoms with van der Waals surface area (Å²) in [5.41, 5.74) is 5.37. The minimum absolute atomic E-state index is 1.03. The summed E-state index contributed by atoms with van der Waals surface area (Å²) in [6.45, 7) is 2.15. The fourth-order valence-corrected chi connectivity index (χ4v) is 3.23. The molecule has 3 aromatic rings. The van der Waals surface area contributed by atoms with Crippen LogP contribution in [0.3, 0.4) is 0 Å². The van der Waals surface area contributed by atoms with Gasteiger partial charge in [0.2, 0.25) is 0 Å². The Labute approximate surface area is 118 Å². The molecule has 0 spiro atoms. The van der Waals surface area contributed by atoms with E-state index in [9.17, 15) is 0 Å². The second-order valence-electron chi connectivity index (χ2n) is 5.48. The number of nitrogens with zero attached hydrogens (tertiary/aromatic N) is 3. The van der Waals surface area contributed by atoms with E-state index in [1.165, 1.54) is 22.2 Å². The Morgan fingerprint density at radius 2 is 2.00 bits per heavy atom. The van der Waals surface area contributed by atoms with Gasteiger partial charge in [0, 0.05) is 36.8 Å². The Morgan fingerprint density at radius 1 is 1.10 bits per heavy atom. The molecular weight excluding hydrogens is 246 g/mol. The summed E-state index contributed by atoms with van der Waals surface area (Å²) in [7, 11) is 2.19. The molecule has 2 aromatic heterocycles. The van der Waals surface area contributed by atoms with E-state index >= 15 is 0 Å². The maximum atomic E-state index is 4.28. The van der Waals surface area contributed by atoms with Crippen molar-refractivity contribution in [2.75, 3.05) is 13.6 Å². The van der Waals surface area contributed by atoms with E-state index in [0.717, 1.165) is 25.2 Å². The second-order valence-corrected chi connectivity index (χ2v) is 5.48. The summed E-state index contributed by atoms with van der Waals surface area (Å²) < 4.78 is 2.38. The van der Waals surface area contributed by atoms with Crippen molar-refractivity contribution < 1.29 is 0 Å². The van der Waals surface area contributed by atoms with Crippen LogP contribution in [0.1, 0.15) is 11.3 Å². The lowest BCUT2D eigenvalue weighted by atomic mass is 10.1. The van der Waals surface area contributed by atoms with Gasteiger partial charge in [0.1, 0.15) is 0 Å². The van der Waals surface area contributed by atoms with Gasteiger partial charge in [0.25, 0.3) is 0 Å². The molecule has 0 unspecified atom stereocenters. The molecule has 0 radical (unpaired) electrons. The Balaban J connectivity index is 2.06. The highest BCUT2D eigenvalue weighted by molar-refractivity contribution is 5.87. The van der Waals surface area contributed by atoms with Gasteiger partial charge in [-0.3, -0.25) is 4.98 Å². The zero-order valence-corrected chi connectivity index (χ0v) is 11.6. The normalized spacial score (nSPS) is 15.4. The number of likely N-dealkylation sites (N-methyl/N-ethyl adjacent to an activating group) is 1. The van der Waals surface area contributed by atoms with Crippen LogP contribution in [0, 0.1) is 0 Å². The molecule has 0 bridgehead atoms. The fraction of sp³-hybridized carbons (Fsp3) is 0.235. The van der Waals surface area contributed by atoms with E-state index in [1.807, 2.05) is 18.5 Å². The van der Waals surface area contributed by atoms with Crippen LogP contribution in [0.25, 0.3) is 16.6 Å². The van der Waals surface area contributed by atoms with Crippen LogP contribution in [-0.4, -0.2) is 28.0 Å². The van der Waals surface area contributed by atoms with E-state index < -0.39 is 0 Å². The van der Waals surface area contributed by atoms with E-state index in [-0.39, 0.29) is 0 Å². The molecule has 1 aliphatic heterocycles. The highest BCUT2D eigenvalue weighted by Crippen LogP contribution is 2.32. The SMILES string of the molecule is CN1CCc2c(c3ccccc3n2-c2cccnc2)C1. The first-order valence-electron chi connectivity index (χ1n) is 7.05. The fourth-order valence-electron chi connectivity index (χ4n) is 3.23. The Morgan fingerprint density at radius 3 is 2.85 bits per heavy atom. The van der Waals surface area contributed by atoms with Gasteiger partial charge in [0.15, 0.2) is 0 Å². The summed E-state index contributed by atoms with van der Waals surface area (Å²) in [5, 5.41) is 1.37. The third kappa shape index (κ3) is 1.67. The first kappa shape index (κ1) is 11.7. The summed E-state index contributed by atoms with van der Waals surface area (Å²) in [6.07, 6.45) is 4.87. The van der Waals surface area contributed by atoms with E-state index in [2.05, 4.69) is 51.8 Å². The van der Waals surface area contributed by atoms with Crippen LogP contribution in [0.2, 0.25) is 0 Å². The quantitative estimate of drug-likeness (QED) is 0.673. The van der Waals surface area contributed by atoms with Gasteiger partial charge in [-0.2, -0.15) is 0 Å². The molecule has 3 heterocycles. The van der Waals surface area contributed by atoms with Crippen LogP contribution < -0.4 is 0 Å². The van der Waals surface area contributed by atoms with Crippen molar-refractivity contribution in [3.05, 3.63) is 60.0 Å². The number of pyridine rings is 1. The Kier molecular flexibility index (Phi) is 2.60.